The molecule has 4 heteroatoms. The van der Waals surface area contributed by atoms with Gasteiger partial charge in [-0.2, -0.15) is 0 Å². The van der Waals surface area contributed by atoms with Gasteiger partial charge in [0.2, 0.25) is 0 Å². The molecule has 2 fully saturated rings. The second-order valence-electron chi connectivity index (χ2n) is 6.65. The molecule has 0 unspecified atom stereocenters. The van der Waals surface area contributed by atoms with E-state index in [-0.39, 0.29) is 6.15 Å². The molecule has 0 heterocycles. The summed E-state index contributed by atoms with van der Waals surface area (Å²) in [5.74, 6) is 3.17. The van der Waals surface area contributed by atoms with Gasteiger partial charge in [0.25, 0.3) is 0 Å². The zero-order valence-corrected chi connectivity index (χ0v) is 15.2. The third-order valence-corrected chi connectivity index (χ3v) is 6.37. The fourth-order valence-corrected chi connectivity index (χ4v) is 4.89. The minimum Gasteiger partial charge on any atom is -0.371 e. The highest BCUT2D eigenvalue weighted by Crippen LogP contribution is 2.28. The van der Waals surface area contributed by atoms with Gasteiger partial charge >= 0.3 is 0 Å². The van der Waals surface area contributed by atoms with Crippen molar-refractivity contribution in [2.45, 2.75) is 77.0 Å². The molecule has 4 N–H and O–H groups in total. The Balaban J connectivity index is 0.00000220. The molecule has 0 amide bonds. The van der Waals surface area contributed by atoms with E-state index in [1.165, 1.54) is 82.8 Å². The summed E-state index contributed by atoms with van der Waals surface area (Å²) in [6.45, 7) is 1.10. The molecule has 0 aromatic carbocycles. The van der Waals surface area contributed by atoms with Crippen LogP contribution >= 0.6 is 24.0 Å². The van der Waals surface area contributed by atoms with Crippen LogP contribution in [0.2, 0.25) is 0 Å². The van der Waals surface area contributed by atoms with Gasteiger partial charge in [-0.25, -0.2) is 0 Å². The second-order valence-corrected chi connectivity index (χ2v) is 8.42. The molecule has 0 aromatic rings. The van der Waals surface area contributed by atoms with Crippen molar-refractivity contribution in [3.63, 3.8) is 0 Å². The summed E-state index contributed by atoms with van der Waals surface area (Å²) in [7, 11) is 0. The Kier molecular flexibility index (Phi) is 10.7. The van der Waals surface area contributed by atoms with Crippen molar-refractivity contribution in [3.05, 3.63) is 0 Å². The van der Waals surface area contributed by atoms with Gasteiger partial charge in [-0.1, -0.05) is 88.2 Å². The van der Waals surface area contributed by atoms with Crippen LogP contribution in [0.25, 0.3) is 0 Å². The van der Waals surface area contributed by atoms with Gasteiger partial charge in [0.15, 0.2) is 0 Å². The molecular weight excluding hydrogens is 296 g/mol. The fourth-order valence-electron chi connectivity index (χ4n) is 3.70. The highest BCUT2D eigenvalue weighted by molar-refractivity contribution is 8.22. The summed E-state index contributed by atoms with van der Waals surface area (Å²) in [5.41, 5.74) is 0. The molecule has 2 aliphatic carbocycles. The van der Waals surface area contributed by atoms with Crippen LogP contribution in [-0.2, 0) is 0 Å². The Bertz CT molecular complexity index is 246. The van der Waals surface area contributed by atoms with Crippen LogP contribution in [0.3, 0.4) is 0 Å². The van der Waals surface area contributed by atoms with E-state index in [1.807, 2.05) is 11.8 Å². The molecule has 124 valence electrons. The smallest absolute Gasteiger partial charge is 0.133 e. The van der Waals surface area contributed by atoms with Gasteiger partial charge < -0.3 is 11.5 Å². The first-order valence-corrected chi connectivity index (χ1v) is 10.1. The Morgan fingerprint density at radius 2 is 1.38 bits per heavy atom. The predicted octanol–water partition coefficient (Wildman–Crippen LogP) is 5.70. The molecule has 2 saturated carbocycles. The maximum Gasteiger partial charge on any atom is 0.133 e. The third-order valence-electron chi connectivity index (χ3n) is 5.03. The number of nitrogens with one attached hydrogen (secondary N) is 1. The maximum absolute atomic E-state index is 5.44. The van der Waals surface area contributed by atoms with Crippen molar-refractivity contribution in [1.82, 2.24) is 11.5 Å². The number of hydrogen-bond acceptors (Lipinski definition) is 3. The molecule has 2 nitrogen and oxygen atoms in total. The third kappa shape index (κ3) is 8.41. The molecule has 0 radical (unpaired) electrons. The van der Waals surface area contributed by atoms with E-state index >= 15 is 0 Å². The van der Waals surface area contributed by atoms with E-state index in [0.717, 1.165) is 22.7 Å². The normalized spacial score (nSPS) is 20.8. The quantitative estimate of drug-likeness (QED) is 0.613. The van der Waals surface area contributed by atoms with Crippen molar-refractivity contribution < 1.29 is 0 Å². The Labute approximate surface area is 141 Å². The summed E-state index contributed by atoms with van der Waals surface area (Å²) in [5, 5.41) is 3.46. The lowest BCUT2D eigenvalue weighted by molar-refractivity contribution is 0.340. The minimum absolute atomic E-state index is 0. The molecule has 0 atom stereocenters. The topological polar surface area (TPSA) is 47.0 Å². The van der Waals surface area contributed by atoms with Gasteiger partial charge in [-0.05, 0) is 24.7 Å². The zero-order chi connectivity index (χ0) is 14.0. The number of thiocarbonyl (C=S) groups is 1. The molecule has 0 aliphatic heterocycles. The van der Waals surface area contributed by atoms with Crippen molar-refractivity contribution in [3.8, 4) is 0 Å². The van der Waals surface area contributed by atoms with Crippen LogP contribution in [0.5, 0.6) is 0 Å². The first-order chi connectivity index (χ1) is 9.84. The van der Waals surface area contributed by atoms with Gasteiger partial charge in [0, 0.05) is 12.3 Å². The largest absolute Gasteiger partial charge is 0.371 e. The summed E-state index contributed by atoms with van der Waals surface area (Å²) in [6, 6.07) is 0. The van der Waals surface area contributed by atoms with Crippen LogP contribution in [0.1, 0.15) is 77.0 Å². The summed E-state index contributed by atoms with van der Waals surface area (Å²) < 4.78 is 1.04. The number of thioether (sulfide) groups is 1. The second kappa shape index (κ2) is 11.7. The number of hydrogen-bond donors (Lipinski definition) is 2. The van der Waals surface area contributed by atoms with E-state index in [0.29, 0.717) is 0 Å². The lowest BCUT2D eigenvalue weighted by Gasteiger charge is -2.22. The molecule has 2 aliphatic rings. The molecule has 21 heavy (non-hydrogen) atoms. The van der Waals surface area contributed by atoms with E-state index < -0.39 is 0 Å². The molecule has 0 aromatic heterocycles. The van der Waals surface area contributed by atoms with E-state index in [9.17, 15) is 0 Å². The van der Waals surface area contributed by atoms with Crippen LogP contribution in [0.15, 0.2) is 0 Å². The predicted molar refractivity (Wildman–Crippen MR) is 100 cm³/mol. The van der Waals surface area contributed by atoms with Gasteiger partial charge in [0.1, 0.15) is 4.32 Å². The lowest BCUT2D eigenvalue weighted by Crippen LogP contribution is -2.23. The van der Waals surface area contributed by atoms with Crippen molar-refractivity contribution >= 4 is 28.3 Å². The first-order valence-electron chi connectivity index (χ1n) is 8.75. The molecular formula is C17H34N2S2. The van der Waals surface area contributed by atoms with Crippen LogP contribution in [0, 0.1) is 11.8 Å². The van der Waals surface area contributed by atoms with Crippen molar-refractivity contribution in [2.75, 3.05) is 12.3 Å². The van der Waals surface area contributed by atoms with Crippen molar-refractivity contribution in [1.29, 1.82) is 0 Å². The minimum atomic E-state index is 0. The standard InChI is InChI=1S/C17H31NS2.H3N/c19-17(18-13-11-15-7-3-1-4-8-15)20-14-12-16-9-5-2-6-10-16;/h15-16H,1-14H2,(H,18,19);1H3. The van der Waals surface area contributed by atoms with Gasteiger partial charge in [-0.3, -0.25) is 0 Å². The highest BCUT2D eigenvalue weighted by Gasteiger charge is 2.14. The molecule has 0 saturated heterocycles. The Hall–Kier alpha value is 0.200. The first kappa shape index (κ1) is 19.2. The van der Waals surface area contributed by atoms with Crippen LogP contribution in [-0.4, -0.2) is 16.6 Å². The monoisotopic (exact) mass is 330 g/mol. The summed E-state index contributed by atoms with van der Waals surface area (Å²) >= 11 is 7.32. The lowest BCUT2D eigenvalue weighted by atomic mass is 9.87. The SMILES string of the molecule is N.S=C(NCCC1CCCCC1)SCCC1CCCCC1. The number of rotatable bonds is 6. The van der Waals surface area contributed by atoms with E-state index in [2.05, 4.69) is 5.32 Å². The van der Waals surface area contributed by atoms with Crippen LogP contribution in [0.4, 0.5) is 0 Å². The van der Waals surface area contributed by atoms with Crippen molar-refractivity contribution in [2.24, 2.45) is 11.8 Å². The molecule has 0 bridgehead atoms. The van der Waals surface area contributed by atoms with E-state index in [1.54, 1.807) is 0 Å². The average molecular weight is 331 g/mol. The zero-order valence-electron chi connectivity index (χ0n) is 13.6. The highest BCUT2D eigenvalue weighted by atomic mass is 32.2. The van der Waals surface area contributed by atoms with E-state index in [4.69, 9.17) is 12.2 Å². The van der Waals surface area contributed by atoms with Crippen LogP contribution < -0.4 is 11.5 Å². The molecule has 2 rings (SSSR count). The Morgan fingerprint density at radius 1 is 0.857 bits per heavy atom. The maximum atomic E-state index is 5.44. The fraction of sp³-hybridized carbons (Fsp3) is 0.941. The molecule has 0 spiro atoms. The van der Waals surface area contributed by atoms with Gasteiger partial charge in [0.05, 0.1) is 0 Å². The van der Waals surface area contributed by atoms with Gasteiger partial charge in [-0.15, -0.1) is 0 Å². The summed E-state index contributed by atoms with van der Waals surface area (Å²) in [6.07, 6.45) is 17.2. The average Bonchev–Trinajstić information content (AvgIpc) is 2.49. The Morgan fingerprint density at radius 3 is 1.95 bits per heavy atom. The summed E-state index contributed by atoms with van der Waals surface area (Å²) in [4.78, 5) is 0.